The van der Waals surface area contributed by atoms with E-state index in [0.717, 1.165) is 18.4 Å². The van der Waals surface area contributed by atoms with Crippen LogP contribution in [0.1, 0.15) is 32.3 Å². The number of sulfonamides is 1. The summed E-state index contributed by atoms with van der Waals surface area (Å²) in [5.74, 6) is 0.202. The highest BCUT2D eigenvalue weighted by Gasteiger charge is 2.52. The van der Waals surface area contributed by atoms with Crippen LogP contribution in [0, 0.1) is 0 Å². The van der Waals surface area contributed by atoms with Gasteiger partial charge in [0.2, 0.25) is 0 Å². The number of benzene rings is 2. The molecule has 150 valence electrons. The number of carbonyl (C=O) groups is 1. The van der Waals surface area contributed by atoms with Gasteiger partial charge in [0.05, 0.1) is 28.5 Å². The molecule has 0 spiro atoms. The van der Waals surface area contributed by atoms with Gasteiger partial charge in [-0.05, 0) is 62.6 Å². The molecule has 0 aliphatic heterocycles. The Morgan fingerprint density at radius 2 is 1.79 bits per heavy atom. The topological polar surface area (TPSA) is 81.7 Å². The Labute approximate surface area is 169 Å². The minimum absolute atomic E-state index is 0.0372. The molecular formula is C20H22ClNO5S. The van der Waals surface area contributed by atoms with Gasteiger partial charge >= 0.3 is 5.97 Å². The van der Waals surface area contributed by atoms with E-state index in [2.05, 4.69) is 4.72 Å². The van der Waals surface area contributed by atoms with Crippen molar-refractivity contribution in [2.24, 2.45) is 0 Å². The van der Waals surface area contributed by atoms with Gasteiger partial charge in [0.25, 0.3) is 10.0 Å². The van der Waals surface area contributed by atoms with Crippen molar-refractivity contribution in [1.29, 1.82) is 0 Å². The lowest BCUT2D eigenvalue weighted by Gasteiger charge is -2.15. The van der Waals surface area contributed by atoms with Gasteiger partial charge < -0.3 is 9.47 Å². The van der Waals surface area contributed by atoms with Crippen LogP contribution in [-0.4, -0.2) is 27.6 Å². The smallest absolute Gasteiger partial charge is 0.316 e. The number of hydrogen-bond acceptors (Lipinski definition) is 5. The number of rotatable bonds is 8. The van der Waals surface area contributed by atoms with E-state index in [4.69, 9.17) is 21.1 Å². The molecule has 28 heavy (non-hydrogen) atoms. The predicted molar refractivity (Wildman–Crippen MR) is 107 cm³/mol. The quantitative estimate of drug-likeness (QED) is 0.645. The molecule has 0 saturated heterocycles. The lowest BCUT2D eigenvalue weighted by Crippen LogP contribution is -2.23. The SMILES string of the molecule is CCOC(=O)C1(c2ccc(NS(=O)(=O)c3ccc(OCC)c(Cl)c3)cc2)CC1. The summed E-state index contributed by atoms with van der Waals surface area (Å²) >= 11 is 6.09. The van der Waals surface area contributed by atoms with Crippen LogP contribution in [0.15, 0.2) is 47.4 Å². The number of carbonyl (C=O) groups excluding carboxylic acids is 1. The fourth-order valence-corrected chi connectivity index (χ4v) is 4.38. The number of ether oxygens (including phenoxy) is 2. The molecule has 6 nitrogen and oxygen atoms in total. The summed E-state index contributed by atoms with van der Waals surface area (Å²) in [7, 11) is -3.81. The predicted octanol–water partition coefficient (Wildman–Crippen LogP) is 4.13. The molecule has 8 heteroatoms. The van der Waals surface area contributed by atoms with Crippen LogP contribution in [-0.2, 0) is 25.0 Å². The lowest BCUT2D eigenvalue weighted by molar-refractivity contribution is -0.146. The van der Waals surface area contributed by atoms with E-state index >= 15 is 0 Å². The zero-order valence-corrected chi connectivity index (χ0v) is 17.3. The van der Waals surface area contributed by atoms with Crippen molar-refractivity contribution in [3.8, 4) is 5.75 Å². The van der Waals surface area contributed by atoms with Gasteiger partial charge in [0, 0.05) is 5.69 Å². The zero-order chi connectivity index (χ0) is 20.4. The molecule has 0 unspecified atom stereocenters. The molecule has 0 radical (unpaired) electrons. The molecule has 1 aliphatic rings. The number of nitrogens with one attached hydrogen (secondary N) is 1. The van der Waals surface area contributed by atoms with E-state index < -0.39 is 15.4 Å². The van der Waals surface area contributed by atoms with Gasteiger partial charge in [0.15, 0.2) is 0 Å². The highest BCUT2D eigenvalue weighted by atomic mass is 35.5. The Hall–Kier alpha value is -2.25. The molecule has 1 aliphatic carbocycles. The maximum absolute atomic E-state index is 12.6. The third-order valence-electron chi connectivity index (χ3n) is 4.62. The largest absolute Gasteiger partial charge is 0.492 e. The first-order chi connectivity index (χ1) is 13.3. The molecule has 0 atom stereocenters. The maximum atomic E-state index is 12.6. The molecule has 0 heterocycles. The normalized spacial score (nSPS) is 15.0. The van der Waals surface area contributed by atoms with Crippen molar-refractivity contribution in [3.63, 3.8) is 0 Å². The van der Waals surface area contributed by atoms with Gasteiger partial charge in [-0.15, -0.1) is 0 Å². The monoisotopic (exact) mass is 423 g/mol. The molecule has 0 bridgehead atoms. The van der Waals surface area contributed by atoms with Crippen LogP contribution in [0.25, 0.3) is 0 Å². The molecule has 0 amide bonds. The van der Waals surface area contributed by atoms with Crippen molar-refractivity contribution in [3.05, 3.63) is 53.1 Å². The van der Waals surface area contributed by atoms with Gasteiger partial charge in [-0.2, -0.15) is 0 Å². The summed E-state index contributed by atoms with van der Waals surface area (Å²) in [6, 6.07) is 11.1. The summed E-state index contributed by atoms with van der Waals surface area (Å²) in [5, 5.41) is 0.227. The Kier molecular flexibility index (Phi) is 5.86. The number of esters is 1. The van der Waals surface area contributed by atoms with Gasteiger partial charge in [0.1, 0.15) is 5.75 Å². The zero-order valence-electron chi connectivity index (χ0n) is 15.7. The summed E-state index contributed by atoms with van der Waals surface area (Å²) in [6.07, 6.45) is 1.48. The standard InChI is InChI=1S/C20H22ClNO5S/c1-3-26-18-10-9-16(13-17(18)21)28(24,25)22-15-7-5-14(6-8-15)20(11-12-20)19(23)27-4-2/h5-10,13,22H,3-4,11-12H2,1-2H3. The molecule has 1 N–H and O–H groups in total. The van der Waals surface area contributed by atoms with Gasteiger partial charge in [-0.25, -0.2) is 8.42 Å². The Morgan fingerprint density at radius 1 is 1.11 bits per heavy atom. The van der Waals surface area contributed by atoms with E-state index in [-0.39, 0.29) is 15.9 Å². The summed E-state index contributed by atoms with van der Waals surface area (Å²) in [5.41, 5.74) is 0.641. The average molecular weight is 424 g/mol. The Bertz CT molecular complexity index is 969. The second-order valence-corrected chi connectivity index (χ2v) is 8.60. The summed E-state index contributed by atoms with van der Waals surface area (Å²) in [4.78, 5) is 12.2. The second kappa shape index (κ2) is 8.01. The van der Waals surface area contributed by atoms with Crippen LogP contribution in [0.2, 0.25) is 5.02 Å². The van der Waals surface area contributed by atoms with Crippen molar-refractivity contribution in [2.75, 3.05) is 17.9 Å². The fourth-order valence-electron chi connectivity index (χ4n) is 3.00. The first-order valence-corrected chi connectivity index (χ1v) is 10.9. The van der Waals surface area contributed by atoms with E-state index in [9.17, 15) is 13.2 Å². The van der Waals surface area contributed by atoms with Crippen molar-refractivity contribution < 1.29 is 22.7 Å². The molecule has 3 rings (SSSR count). The molecule has 2 aromatic rings. The summed E-state index contributed by atoms with van der Waals surface area (Å²) in [6.45, 7) is 4.37. The molecule has 1 fully saturated rings. The Morgan fingerprint density at radius 3 is 2.32 bits per heavy atom. The number of hydrogen-bond donors (Lipinski definition) is 1. The average Bonchev–Trinajstić information content (AvgIpc) is 3.46. The van der Waals surface area contributed by atoms with E-state index in [1.54, 1.807) is 31.2 Å². The minimum Gasteiger partial charge on any atom is -0.492 e. The van der Waals surface area contributed by atoms with Gasteiger partial charge in [-0.1, -0.05) is 23.7 Å². The molecule has 1 saturated carbocycles. The first-order valence-electron chi connectivity index (χ1n) is 9.05. The molecular weight excluding hydrogens is 402 g/mol. The van der Waals surface area contributed by atoms with E-state index in [1.165, 1.54) is 18.2 Å². The van der Waals surface area contributed by atoms with E-state index in [1.807, 2.05) is 6.92 Å². The van der Waals surface area contributed by atoms with Crippen molar-refractivity contribution in [1.82, 2.24) is 0 Å². The van der Waals surface area contributed by atoms with Crippen molar-refractivity contribution in [2.45, 2.75) is 37.0 Å². The third-order valence-corrected chi connectivity index (χ3v) is 6.29. The summed E-state index contributed by atoms with van der Waals surface area (Å²) < 4.78 is 38.3. The number of anilines is 1. The van der Waals surface area contributed by atoms with Crippen LogP contribution >= 0.6 is 11.6 Å². The molecule has 0 aromatic heterocycles. The second-order valence-electron chi connectivity index (χ2n) is 6.51. The van der Waals surface area contributed by atoms with E-state index in [0.29, 0.717) is 24.7 Å². The highest BCUT2D eigenvalue weighted by molar-refractivity contribution is 7.92. The minimum atomic E-state index is -3.81. The van der Waals surface area contributed by atoms with Crippen LogP contribution < -0.4 is 9.46 Å². The first kappa shape index (κ1) is 20.5. The van der Waals surface area contributed by atoms with Gasteiger partial charge in [-0.3, -0.25) is 9.52 Å². The van der Waals surface area contributed by atoms with Crippen LogP contribution in [0.4, 0.5) is 5.69 Å². The number of halogens is 1. The third kappa shape index (κ3) is 4.10. The highest BCUT2D eigenvalue weighted by Crippen LogP contribution is 2.49. The lowest BCUT2D eigenvalue weighted by atomic mass is 9.96. The van der Waals surface area contributed by atoms with Crippen LogP contribution in [0.3, 0.4) is 0 Å². The van der Waals surface area contributed by atoms with Crippen LogP contribution in [0.5, 0.6) is 5.75 Å². The molecule has 2 aromatic carbocycles. The fraction of sp³-hybridized carbons (Fsp3) is 0.350. The maximum Gasteiger partial charge on any atom is 0.316 e. The Balaban J connectivity index is 1.76. The van der Waals surface area contributed by atoms with Crippen molar-refractivity contribution >= 4 is 33.3 Å².